The molecular formula is C22H16FN5O3S. The van der Waals surface area contributed by atoms with Crippen molar-refractivity contribution < 1.29 is 18.8 Å². The van der Waals surface area contributed by atoms with E-state index in [-0.39, 0.29) is 30.2 Å². The quantitative estimate of drug-likeness (QED) is 0.478. The minimum Gasteiger partial charge on any atom is -0.306 e. The zero-order valence-corrected chi connectivity index (χ0v) is 17.6. The van der Waals surface area contributed by atoms with Gasteiger partial charge in [-0.2, -0.15) is 9.78 Å². The number of hydrogen-bond acceptors (Lipinski definition) is 6. The van der Waals surface area contributed by atoms with Gasteiger partial charge in [0, 0.05) is 24.5 Å². The fourth-order valence-electron chi connectivity index (χ4n) is 3.54. The molecule has 10 heteroatoms. The SMILES string of the molecule is Cc1cc(NC(=O)c2ccc(N3C(=O)CCC3=O)cc2)n(-c2nc3c(F)cccc3s2)n1. The van der Waals surface area contributed by atoms with Crippen LogP contribution in [0.3, 0.4) is 0 Å². The number of aryl methyl sites for hydroxylation is 1. The zero-order chi connectivity index (χ0) is 22.4. The molecule has 1 N–H and O–H groups in total. The second kappa shape index (κ2) is 7.65. The van der Waals surface area contributed by atoms with E-state index in [2.05, 4.69) is 15.4 Å². The van der Waals surface area contributed by atoms with Crippen molar-refractivity contribution in [3.05, 3.63) is 65.6 Å². The molecule has 32 heavy (non-hydrogen) atoms. The normalized spacial score (nSPS) is 13.9. The van der Waals surface area contributed by atoms with E-state index < -0.39 is 11.7 Å². The summed E-state index contributed by atoms with van der Waals surface area (Å²) in [6, 6.07) is 12.6. The third kappa shape index (κ3) is 3.44. The summed E-state index contributed by atoms with van der Waals surface area (Å²) in [5.41, 5.74) is 1.68. The molecule has 0 saturated carbocycles. The number of nitrogens with zero attached hydrogens (tertiary/aromatic N) is 4. The smallest absolute Gasteiger partial charge is 0.256 e. The fraction of sp³-hybridized carbons (Fsp3) is 0.136. The van der Waals surface area contributed by atoms with Gasteiger partial charge in [0.15, 0.2) is 0 Å². The van der Waals surface area contributed by atoms with Crippen molar-refractivity contribution in [2.24, 2.45) is 0 Å². The van der Waals surface area contributed by atoms with Gasteiger partial charge in [-0.05, 0) is 43.3 Å². The molecule has 2 aromatic heterocycles. The number of rotatable bonds is 4. The Balaban J connectivity index is 1.41. The molecule has 4 aromatic rings. The van der Waals surface area contributed by atoms with E-state index >= 15 is 0 Å². The molecule has 1 fully saturated rings. The highest BCUT2D eigenvalue weighted by atomic mass is 32.1. The second-order valence-corrected chi connectivity index (χ2v) is 8.30. The Morgan fingerprint density at radius 1 is 1.09 bits per heavy atom. The Bertz CT molecular complexity index is 1380. The molecule has 1 aliphatic heterocycles. The number of para-hydroxylation sites is 1. The predicted octanol–water partition coefficient (Wildman–Crippen LogP) is 3.84. The number of benzene rings is 2. The number of thiazole rings is 1. The number of halogens is 1. The molecule has 0 bridgehead atoms. The van der Waals surface area contributed by atoms with Crippen molar-refractivity contribution in [3.8, 4) is 5.13 Å². The molecular weight excluding hydrogens is 433 g/mol. The summed E-state index contributed by atoms with van der Waals surface area (Å²) in [5, 5.41) is 7.61. The number of amides is 3. The van der Waals surface area contributed by atoms with Crippen molar-refractivity contribution in [1.29, 1.82) is 0 Å². The van der Waals surface area contributed by atoms with Gasteiger partial charge in [-0.1, -0.05) is 17.4 Å². The monoisotopic (exact) mass is 449 g/mol. The Kier molecular flexibility index (Phi) is 4.78. The van der Waals surface area contributed by atoms with Gasteiger partial charge in [-0.3, -0.25) is 19.3 Å². The largest absolute Gasteiger partial charge is 0.306 e. The number of aromatic nitrogens is 3. The first-order valence-electron chi connectivity index (χ1n) is 9.80. The minimum absolute atomic E-state index is 0.195. The van der Waals surface area contributed by atoms with Gasteiger partial charge in [0.05, 0.1) is 16.1 Å². The van der Waals surface area contributed by atoms with Crippen LogP contribution in [-0.2, 0) is 9.59 Å². The van der Waals surface area contributed by atoms with Gasteiger partial charge >= 0.3 is 0 Å². The summed E-state index contributed by atoms with van der Waals surface area (Å²) in [6.07, 6.45) is 0.389. The van der Waals surface area contributed by atoms with E-state index in [0.717, 1.165) is 4.90 Å². The van der Waals surface area contributed by atoms with Crippen LogP contribution in [0.25, 0.3) is 15.3 Å². The van der Waals surface area contributed by atoms with Gasteiger partial charge in [0.1, 0.15) is 17.2 Å². The van der Waals surface area contributed by atoms with Crippen LogP contribution >= 0.6 is 11.3 Å². The number of fused-ring (bicyclic) bond motifs is 1. The van der Waals surface area contributed by atoms with Crippen LogP contribution in [0.5, 0.6) is 0 Å². The molecule has 0 atom stereocenters. The van der Waals surface area contributed by atoms with E-state index in [1.165, 1.54) is 22.1 Å². The lowest BCUT2D eigenvalue weighted by atomic mass is 10.2. The van der Waals surface area contributed by atoms with Crippen LogP contribution in [-0.4, -0.2) is 32.5 Å². The van der Waals surface area contributed by atoms with Crippen LogP contribution in [0, 0.1) is 12.7 Å². The summed E-state index contributed by atoms with van der Waals surface area (Å²) in [6.45, 7) is 1.78. The van der Waals surface area contributed by atoms with Gasteiger partial charge in [0.25, 0.3) is 5.91 Å². The summed E-state index contributed by atoms with van der Waals surface area (Å²) in [5.74, 6) is -0.933. The number of anilines is 2. The first kappa shape index (κ1) is 20.0. The van der Waals surface area contributed by atoms with Gasteiger partial charge in [-0.15, -0.1) is 0 Å². The lowest BCUT2D eigenvalue weighted by Crippen LogP contribution is -2.28. The molecule has 0 aliphatic carbocycles. The van der Waals surface area contributed by atoms with E-state index in [4.69, 9.17) is 0 Å². The van der Waals surface area contributed by atoms with Crippen molar-refractivity contribution in [2.45, 2.75) is 19.8 Å². The predicted molar refractivity (Wildman–Crippen MR) is 118 cm³/mol. The highest BCUT2D eigenvalue weighted by molar-refractivity contribution is 7.20. The number of carbonyl (C=O) groups is 3. The molecule has 2 aromatic carbocycles. The average Bonchev–Trinajstić information content (AvgIpc) is 3.45. The topological polar surface area (TPSA) is 97.2 Å². The van der Waals surface area contributed by atoms with Crippen LogP contribution < -0.4 is 10.2 Å². The van der Waals surface area contributed by atoms with Gasteiger partial charge in [0.2, 0.25) is 16.9 Å². The number of carbonyl (C=O) groups excluding carboxylic acids is 3. The van der Waals surface area contributed by atoms with Crippen LogP contribution in [0.1, 0.15) is 28.9 Å². The molecule has 1 aliphatic rings. The molecule has 0 spiro atoms. The molecule has 3 amide bonds. The maximum atomic E-state index is 14.0. The Hall–Kier alpha value is -3.92. The molecule has 1 saturated heterocycles. The summed E-state index contributed by atoms with van der Waals surface area (Å²) >= 11 is 1.26. The Labute approximate surface area is 185 Å². The zero-order valence-electron chi connectivity index (χ0n) is 16.8. The lowest BCUT2D eigenvalue weighted by Gasteiger charge is -2.14. The van der Waals surface area contributed by atoms with Crippen molar-refractivity contribution >= 4 is 50.8 Å². The highest BCUT2D eigenvalue weighted by Gasteiger charge is 2.30. The van der Waals surface area contributed by atoms with E-state index in [1.807, 2.05) is 0 Å². The standard InChI is InChI=1S/C22H16FN5O3S/c1-12-11-17(28(26-12)22-25-20-15(23)3-2-4-16(20)32-22)24-21(31)13-5-7-14(8-6-13)27-18(29)9-10-19(27)30/h2-8,11H,9-10H2,1H3,(H,24,31). The maximum absolute atomic E-state index is 14.0. The van der Waals surface area contributed by atoms with Crippen molar-refractivity contribution in [3.63, 3.8) is 0 Å². The minimum atomic E-state index is -0.422. The third-order valence-corrected chi connectivity index (χ3v) is 6.05. The summed E-state index contributed by atoms with van der Waals surface area (Å²) in [4.78, 5) is 42.1. The van der Waals surface area contributed by atoms with E-state index in [9.17, 15) is 18.8 Å². The van der Waals surface area contributed by atoms with E-state index in [0.29, 0.717) is 32.6 Å². The molecule has 0 unspecified atom stereocenters. The van der Waals surface area contributed by atoms with Crippen LogP contribution in [0.15, 0.2) is 48.5 Å². The maximum Gasteiger partial charge on any atom is 0.256 e. The number of hydrogen-bond donors (Lipinski definition) is 1. The Morgan fingerprint density at radius 3 is 2.50 bits per heavy atom. The molecule has 8 nitrogen and oxygen atoms in total. The van der Waals surface area contributed by atoms with Crippen LogP contribution in [0.2, 0.25) is 0 Å². The van der Waals surface area contributed by atoms with Crippen molar-refractivity contribution in [1.82, 2.24) is 14.8 Å². The average molecular weight is 449 g/mol. The third-order valence-electron chi connectivity index (χ3n) is 5.05. The second-order valence-electron chi connectivity index (χ2n) is 7.29. The Morgan fingerprint density at radius 2 is 1.81 bits per heavy atom. The fourth-order valence-corrected chi connectivity index (χ4v) is 4.49. The van der Waals surface area contributed by atoms with Crippen molar-refractivity contribution in [2.75, 3.05) is 10.2 Å². The first-order chi connectivity index (χ1) is 15.4. The van der Waals surface area contributed by atoms with E-state index in [1.54, 1.807) is 49.4 Å². The summed E-state index contributed by atoms with van der Waals surface area (Å²) < 4.78 is 16.2. The first-order valence-corrected chi connectivity index (χ1v) is 10.6. The van der Waals surface area contributed by atoms with Gasteiger partial charge < -0.3 is 5.32 Å². The lowest BCUT2D eigenvalue weighted by molar-refractivity contribution is -0.121. The van der Waals surface area contributed by atoms with Gasteiger partial charge in [-0.25, -0.2) is 9.37 Å². The number of nitrogens with one attached hydrogen (secondary N) is 1. The summed E-state index contributed by atoms with van der Waals surface area (Å²) in [7, 11) is 0. The molecule has 3 heterocycles. The molecule has 5 rings (SSSR count). The number of imide groups is 1. The molecule has 160 valence electrons. The molecule has 0 radical (unpaired) electrons. The van der Waals surface area contributed by atoms with Crippen LogP contribution in [0.4, 0.5) is 15.9 Å². The highest BCUT2D eigenvalue weighted by Crippen LogP contribution is 2.29.